The third-order valence-corrected chi connectivity index (χ3v) is 9.34. The second-order valence-corrected chi connectivity index (χ2v) is 11.4. The van der Waals surface area contributed by atoms with Crippen LogP contribution in [0.15, 0.2) is 36.4 Å². The molecule has 0 radical (unpaired) electrons. The number of H-pyrrole nitrogens is 1. The van der Waals surface area contributed by atoms with E-state index in [1.165, 1.54) is 42.8 Å². The van der Waals surface area contributed by atoms with Crippen molar-refractivity contribution in [2.45, 2.75) is 32.3 Å². The van der Waals surface area contributed by atoms with Gasteiger partial charge in [-0.2, -0.15) is 0 Å². The fraction of sp³-hybridized carbons (Fsp3) is 0.370. The van der Waals surface area contributed by atoms with Crippen molar-refractivity contribution in [3.8, 4) is 44.0 Å². The molecular weight excluding hydrogens is 492 g/mol. The van der Waals surface area contributed by atoms with Gasteiger partial charge in [0, 0.05) is 37.3 Å². The first kappa shape index (κ1) is 23.4. The Bertz CT molecular complexity index is 1270. The van der Waals surface area contributed by atoms with E-state index in [2.05, 4.69) is 39.0 Å². The molecule has 0 saturated carbocycles. The Morgan fingerprint density at radius 2 is 1.53 bits per heavy atom. The number of aliphatic hydroxyl groups excluding tert-OH is 1. The average molecular weight is 523 g/mol. The minimum Gasteiger partial charge on any atom is -0.504 e. The summed E-state index contributed by atoms with van der Waals surface area (Å²) in [5.74, 6) is 0.953. The molecule has 2 aliphatic rings. The van der Waals surface area contributed by atoms with Crippen molar-refractivity contribution in [1.82, 2.24) is 9.97 Å². The van der Waals surface area contributed by atoms with E-state index >= 15 is 0 Å². The van der Waals surface area contributed by atoms with Crippen LogP contribution >= 0.6 is 22.7 Å². The minimum absolute atomic E-state index is 0.0437. The van der Waals surface area contributed by atoms with Crippen molar-refractivity contribution in [2.24, 2.45) is 0 Å². The van der Waals surface area contributed by atoms with E-state index in [-0.39, 0.29) is 12.4 Å². The maximum atomic E-state index is 10.4. The maximum absolute atomic E-state index is 10.4. The first-order chi connectivity index (χ1) is 17.6. The van der Waals surface area contributed by atoms with Crippen molar-refractivity contribution in [3.63, 3.8) is 0 Å². The summed E-state index contributed by atoms with van der Waals surface area (Å²) in [6.45, 7) is 4.16. The maximum Gasteiger partial charge on any atom is 0.163 e. The van der Waals surface area contributed by atoms with Gasteiger partial charge in [0.1, 0.15) is 11.5 Å². The third kappa shape index (κ3) is 4.25. The molecule has 0 amide bonds. The highest BCUT2D eigenvalue weighted by molar-refractivity contribution is 7.20. The number of nitrogens with zero attached hydrogens (tertiary/aromatic N) is 3. The van der Waals surface area contributed by atoms with Crippen LogP contribution in [-0.4, -0.2) is 53.5 Å². The highest BCUT2D eigenvalue weighted by atomic mass is 32.1. The SMILES string of the molecule is COc1cc(-c2nc(-c3ccc(N4CCCC4)s3)c(-c3ccc(N4CCCC4)s3)[nH]2)cc(CO)c1O. The molecule has 2 aliphatic heterocycles. The molecule has 3 aromatic heterocycles. The second-order valence-electron chi connectivity index (χ2n) is 9.32. The largest absolute Gasteiger partial charge is 0.504 e. The van der Waals surface area contributed by atoms with Gasteiger partial charge in [0.2, 0.25) is 0 Å². The van der Waals surface area contributed by atoms with E-state index in [4.69, 9.17) is 9.72 Å². The van der Waals surface area contributed by atoms with Crippen molar-refractivity contribution in [3.05, 3.63) is 42.0 Å². The molecule has 0 bridgehead atoms. The van der Waals surface area contributed by atoms with E-state index in [1.807, 2.05) is 0 Å². The van der Waals surface area contributed by atoms with Gasteiger partial charge in [-0.3, -0.25) is 0 Å². The van der Waals surface area contributed by atoms with E-state index < -0.39 is 0 Å². The van der Waals surface area contributed by atoms with Gasteiger partial charge in [0.25, 0.3) is 0 Å². The second kappa shape index (κ2) is 9.80. The molecule has 0 spiro atoms. The Labute approximate surface area is 218 Å². The molecule has 0 aliphatic carbocycles. The van der Waals surface area contributed by atoms with E-state index in [1.54, 1.807) is 34.8 Å². The van der Waals surface area contributed by atoms with Crippen LogP contribution in [0.25, 0.3) is 32.5 Å². The van der Waals surface area contributed by atoms with Crippen molar-refractivity contribution < 1.29 is 14.9 Å². The summed E-state index contributed by atoms with van der Waals surface area (Å²) in [7, 11) is 1.51. The molecule has 2 saturated heterocycles. The van der Waals surface area contributed by atoms with Gasteiger partial charge in [-0.1, -0.05) is 0 Å². The van der Waals surface area contributed by atoms with Crippen molar-refractivity contribution >= 4 is 32.7 Å². The summed E-state index contributed by atoms with van der Waals surface area (Å²) in [6, 6.07) is 12.3. The lowest BCUT2D eigenvalue weighted by Gasteiger charge is -2.14. The zero-order chi connectivity index (χ0) is 24.6. The van der Waals surface area contributed by atoms with E-state index in [0.717, 1.165) is 52.9 Å². The predicted octanol–water partition coefficient (Wildman–Crippen LogP) is 5.94. The van der Waals surface area contributed by atoms with Gasteiger partial charge in [-0.25, -0.2) is 4.98 Å². The Balaban J connectivity index is 1.45. The fourth-order valence-corrected chi connectivity index (χ4v) is 7.19. The number of hydrogen-bond donors (Lipinski definition) is 3. The number of phenols is 1. The highest BCUT2D eigenvalue weighted by Gasteiger charge is 2.23. The molecule has 1 aromatic carbocycles. The molecule has 0 unspecified atom stereocenters. The summed E-state index contributed by atoms with van der Waals surface area (Å²) in [5, 5.41) is 22.7. The van der Waals surface area contributed by atoms with Crippen LogP contribution in [0.1, 0.15) is 31.2 Å². The molecule has 5 heterocycles. The fourth-order valence-electron chi connectivity index (χ4n) is 5.08. The lowest BCUT2D eigenvalue weighted by molar-refractivity contribution is 0.272. The van der Waals surface area contributed by atoms with Crippen LogP contribution in [0, 0.1) is 0 Å². The molecule has 36 heavy (non-hydrogen) atoms. The summed E-state index contributed by atoms with van der Waals surface area (Å²) in [4.78, 5) is 15.8. The van der Waals surface area contributed by atoms with Crippen LogP contribution in [0.3, 0.4) is 0 Å². The van der Waals surface area contributed by atoms with Gasteiger partial charge < -0.3 is 29.7 Å². The number of benzene rings is 1. The molecule has 0 atom stereocenters. The Morgan fingerprint density at radius 1 is 0.917 bits per heavy atom. The number of imidazole rings is 1. The number of ether oxygens (including phenoxy) is 1. The molecule has 4 aromatic rings. The molecule has 6 rings (SSSR count). The van der Waals surface area contributed by atoms with Gasteiger partial charge in [0.05, 0.1) is 39.2 Å². The number of aliphatic hydroxyl groups is 1. The number of aromatic nitrogens is 2. The number of hydrogen-bond acceptors (Lipinski definition) is 8. The number of nitrogens with one attached hydrogen (secondary N) is 1. The number of thiophene rings is 2. The number of rotatable bonds is 7. The van der Waals surface area contributed by atoms with Crippen molar-refractivity contribution in [2.75, 3.05) is 43.1 Å². The molecular formula is C27H30N4O3S2. The van der Waals surface area contributed by atoms with Crippen LogP contribution in [-0.2, 0) is 6.61 Å². The molecule has 3 N–H and O–H groups in total. The van der Waals surface area contributed by atoms with E-state index in [0.29, 0.717) is 17.1 Å². The topological polar surface area (TPSA) is 84.9 Å². The Hall–Kier alpha value is -3.01. The number of methoxy groups -OCH3 is 1. The third-order valence-electron chi connectivity index (χ3n) is 7.02. The van der Waals surface area contributed by atoms with Gasteiger partial charge in [-0.05, 0) is 62.1 Å². The average Bonchev–Trinajstić information content (AvgIpc) is 3.72. The predicted molar refractivity (Wildman–Crippen MR) is 148 cm³/mol. The van der Waals surface area contributed by atoms with Gasteiger partial charge in [0.15, 0.2) is 11.5 Å². The molecule has 9 heteroatoms. The smallest absolute Gasteiger partial charge is 0.163 e. The van der Waals surface area contributed by atoms with E-state index in [9.17, 15) is 10.2 Å². The lowest BCUT2D eigenvalue weighted by atomic mass is 10.1. The van der Waals surface area contributed by atoms with Crippen LogP contribution in [0.4, 0.5) is 10.0 Å². The number of aromatic amines is 1. The summed E-state index contributed by atoms with van der Waals surface area (Å²) in [5.41, 5.74) is 3.08. The normalized spacial score (nSPS) is 15.8. The number of anilines is 2. The molecule has 7 nitrogen and oxygen atoms in total. The monoisotopic (exact) mass is 522 g/mol. The zero-order valence-electron chi connectivity index (χ0n) is 20.3. The zero-order valence-corrected chi connectivity index (χ0v) is 21.9. The lowest BCUT2D eigenvalue weighted by Crippen LogP contribution is -2.15. The van der Waals surface area contributed by atoms with Gasteiger partial charge in [-0.15, -0.1) is 22.7 Å². The summed E-state index contributed by atoms with van der Waals surface area (Å²) < 4.78 is 5.37. The first-order valence-electron chi connectivity index (χ1n) is 12.5. The highest BCUT2D eigenvalue weighted by Crippen LogP contribution is 2.44. The quantitative estimate of drug-likeness (QED) is 0.279. The Morgan fingerprint density at radius 3 is 2.14 bits per heavy atom. The van der Waals surface area contributed by atoms with Crippen molar-refractivity contribution in [1.29, 1.82) is 0 Å². The minimum atomic E-state index is -0.287. The van der Waals surface area contributed by atoms with Crippen LogP contribution < -0.4 is 14.5 Å². The standard InChI is InChI=1S/C27H30N4O3S2/c1-34-19-15-17(14-18(16-32)26(19)33)27-28-24(20-6-8-22(35-20)30-10-2-3-11-30)25(29-27)21-7-9-23(36-21)31-12-4-5-13-31/h6-9,14-15,32-33H,2-5,10-13,16H2,1H3,(H,28,29). The first-order valence-corrected chi connectivity index (χ1v) is 14.1. The van der Waals surface area contributed by atoms with Crippen LogP contribution in [0.5, 0.6) is 11.5 Å². The molecule has 188 valence electrons. The summed E-state index contributed by atoms with van der Waals surface area (Å²) in [6.07, 6.45) is 4.98. The number of aromatic hydroxyl groups is 1. The Kier molecular flexibility index (Phi) is 6.37. The van der Waals surface area contributed by atoms with Gasteiger partial charge >= 0.3 is 0 Å². The summed E-state index contributed by atoms with van der Waals surface area (Å²) >= 11 is 3.58. The van der Waals surface area contributed by atoms with Crippen LogP contribution in [0.2, 0.25) is 0 Å². The molecule has 2 fully saturated rings.